The molecule has 6 heteroatoms. The lowest BCUT2D eigenvalue weighted by Crippen LogP contribution is -2.37. The highest BCUT2D eigenvalue weighted by atomic mass is 19.4. The van der Waals surface area contributed by atoms with E-state index in [0.717, 1.165) is 25.7 Å². The first-order valence-corrected chi connectivity index (χ1v) is 6.01. The van der Waals surface area contributed by atoms with Crippen LogP contribution in [0.1, 0.15) is 39.0 Å². The molecule has 0 spiro atoms. The summed E-state index contributed by atoms with van der Waals surface area (Å²) in [6.45, 7) is 2.52. The number of rotatable bonds is 5. The number of nitrogens with two attached hydrogens (primary N) is 1. The van der Waals surface area contributed by atoms with Gasteiger partial charge in [-0.05, 0) is 38.1 Å². The Kier molecular flexibility index (Phi) is 5.69. The number of hydrogen-bond donors (Lipinski definition) is 1. The van der Waals surface area contributed by atoms with Crippen molar-refractivity contribution in [3.8, 4) is 0 Å². The summed E-state index contributed by atoms with van der Waals surface area (Å²) in [6, 6.07) is 0. The van der Waals surface area contributed by atoms with Gasteiger partial charge in [0.05, 0.1) is 6.10 Å². The first-order valence-electron chi connectivity index (χ1n) is 6.01. The van der Waals surface area contributed by atoms with Gasteiger partial charge in [0.2, 0.25) is 0 Å². The first-order chi connectivity index (χ1) is 7.90. The largest absolute Gasteiger partial charge is 0.524 e. The standard InChI is InChI=1S/C11H20F3NO2/c1-8-6-9(4-2-3-5-15)16-10(7-8)17-11(12,13)14/h8-10H,2-7,15H2,1H3. The van der Waals surface area contributed by atoms with Gasteiger partial charge < -0.3 is 10.5 Å². The van der Waals surface area contributed by atoms with Crippen LogP contribution in [0.3, 0.4) is 0 Å². The van der Waals surface area contributed by atoms with Gasteiger partial charge in [0, 0.05) is 6.42 Å². The maximum atomic E-state index is 12.1. The molecule has 0 aromatic heterocycles. The molecule has 3 nitrogen and oxygen atoms in total. The van der Waals surface area contributed by atoms with Crippen molar-refractivity contribution < 1.29 is 22.6 Å². The van der Waals surface area contributed by atoms with Crippen LogP contribution in [0.15, 0.2) is 0 Å². The summed E-state index contributed by atoms with van der Waals surface area (Å²) in [7, 11) is 0. The van der Waals surface area contributed by atoms with E-state index >= 15 is 0 Å². The van der Waals surface area contributed by atoms with Crippen LogP contribution in [-0.4, -0.2) is 25.3 Å². The van der Waals surface area contributed by atoms with Gasteiger partial charge in [0.1, 0.15) is 0 Å². The third kappa shape index (κ3) is 6.24. The van der Waals surface area contributed by atoms with Crippen LogP contribution in [0.2, 0.25) is 0 Å². The lowest BCUT2D eigenvalue weighted by Gasteiger charge is -2.34. The van der Waals surface area contributed by atoms with Crippen molar-refractivity contribution in [3.63, 3.8) is 0 Å². The van der Waals surface area contributed by atoms with E-state index in [0.29, 0.717) is 13.0 Å². The molecule has 3 atom stereocenters. The zero-order valence-electron chi connectivity index (χ0n) is 10.0. The number of halogens is 3. The lowest BCUT2D eigenvalue weighted by atomic mass is 9.94. The minimum absolute atomic E-state index is 0.141. The Bertz CT molecular complexity index is 223. The van der Waals surface area contributed by atoms with Crippen molar-refractivity contribution in [2.75, 3.05) is 6.54 Å². The molecule has 0 bridgehead atoms. The van der Waals surface area contributed by atoms with Crippen LogP contribution in [0, 0.1) is 5.92 Å². The molecule has 0 aliphatic carbocycles. The number of unbranched alkanes of at least 4 members (excludes halogenated alkanes) is 1. The van der Waals surface area contributed by atoms with E-state index in [1.165, 1.54) is 0 Å². The van der Waals surface area contributed by atoms with E-state index in [2.05, 4.69) is 4.74 Å². The molecule has 17 heavy (non-hydrogen) atoms. The smallest absolute Gasteiger partial charge is 0.349 e. The fourth-order valence-electron chi connectivity index (χ4n) is 2.13. The van der Waals surface area contributed by atoms with Gasteiger partial charge in [0.25, 0.3) is 0 Å². The van der Waals surface area contributed by atoms with Crippen LogP contribution in [-0.2, 0) is 9.47 Å². The molecule has 1 fully saturated rings. The molecule has 102 valence electrons. The Balaban J connectivity index is 2.36. The van der Waals surface area contributed by atoms with E-state index in [-0.39, 0.29) is 12.0 Å². The van der Waals surface area contributed by atoms with Crippen LogP contribution in [0.25, 0.3) is 0 Å². The van der Waals surface area contributed by atoms with E-state index in [1.54, 1.807) is 0 Å². The van der Waals surface area contributed by atoms with Crippen LogP contribution >= 0.6 is 0 Å². The third-order valence-corrected chi connectivity index (χ3v) is 2.85. The minimum Gasteiger partial charge on any atom is -0.349 e. The molecule has 1 aliphatic rings. The summed E-state index contributed by atoms with van der Waals surface area (Å²) in [5.74, 6) is 0.193. The second-order valence-electron chi connectivity index (χ2n) is 4.61. The Morgan fingerprint density at radius 2 is 2.00 bits per heavy atom. The molecule has 2 N–H and O–H groups in total. The number of ether oxygens (including phenoxy) is 2. The normalized spacial score (nSPS) is 30.5. The Morgan fingerprint density at radius 3 is 2.59 bits per heavy atom. The molecule has 0 radical (unpaired) electrons. The predicted molar refractivity (Wildman–Crippen MR) is 57.1 cm³/mol. The van der Waals surface area contributed by atoms with Gasteiger partial charge in [-0.15, -0.1) is 13.2 Å². The molecule has 0 aromatic carbocycles. The van der Waals surface area contributed by atoms with Gasteiger partial charge in [-0.1, -0.05) is 6.92 Å². The van der Waals surface area contributed by atoms with Crippen molar-refractivity contribution in [2.24, 2.45) is 11.7 Å². The Labute approximate surface area is 99.4 Å². The molecule has 1 heterocycles. The Morgan fingerprint density at radius 1 is 1.29 bits per heavy atom. The zero-order chi connectivity index (χ0) is 12.9. The van der Waals surface area contributed by atoms with E-state index in [1.807, 2.05) is 6.92 Å². The molecule has 1 rings (SSSR count). The summed E-state index contributed by atoms with van der Waals surface area (Å²) in [5, 5.41) is 0. The molecule has 1 aliphatic heterocycles. The van der Waals surface area contributed by atoms with Crippen molar-refractivity contribution >= 4 is 0 Å². The highest BCUT2D eigenvalue weighted by molar-refractivity contribution is 4.72. The minimum atomic E-state index is -4.62. The van der Waals surface area contributed by atoms with Crippen LogP contribution < -0.4 is 5.73 Å². The first kappa shape index (κ1) is 14.7. The molecule has 0 amide bonds. The molecule has 3 unspecified atom stereocenters. The third-order valence-electron chi connectivity index (χ3n) is 2.85. The summed E-state index contributed by atoms with van der Waals surface area (Å²) in [5.41, 5.74) is 5.37. The van der Waals surface area contributed by atoms with Crippen LogP contribution in [0.4, 0.5) is 13.2 Å². The summed E-state index contributed by atoms with van der Waals surface area (Å²) in [6.07, 6.45) is -2.32. The van der Waals surface area contributed by atoms with Gasteiger partial charge in [-0.25, -0.2) is 0 Å². The monoisotopic (exact) mass is 255 g/mol. The summed E-state index contributed by atoms with van der Waals surface area (Å²) < 4.78 is 45.5. The fourth-order valence-corrected chi connectivity index (χ4v) is 2.13. The number of hydrogen-bond acceptors (Lipinski definition) is 3. The SMILES string of the molecule is CC1CC(CCCCN)OC(OC(F)(F)F)C1. The van der Waals surface area contributed by atoms with Gasteiger partial charge in [-0.3, -0.25) is 4.74 Å². The quantitative estimate of drug-likeness (QED) is 0.768. The van der Waals surface area contributed by atoms with Gasteiger partial charge in [-0.2, -0.15) is 0 Å². The van der Waals surface area contributed by atoms with Crippen molar-refractivity contribution in [1.29, 1.82) is 0 Å². The molecule has 1 saturated heterocycles. The topological polar surface area (TPSA) is 44.5 Å². The molecule has 0 saturated carbocycles. The summed E-state index contributed by atoms with van der Waals surface area (Å²) in [4.78, 5) is 0. The Hall–Kier alpha value is -0.330. The van der Waals surface area contributed by atoms with E-state index < -0.39 is 12.7 Å². The highest BCUT2D eigenvalue weighted by Gasteiger charge is 2.37. The second-order valence-corrected chi connectivity index (χ2v) is 4.61. The molecular weight excluding hydrogens is 235 g/mol. The van der Waals surface area contributed by atoms with Crippen molar-refractivity contribution in [3.05, 3.63) is 0 Å². The van der Waals surface area contributed by atoms with Crippen molar-refractivity contribution in [2.45, 2.75) is 57.8 Å². The highest BCUT2D eigenvalue weighted by Crippen LogP contribution is 2.31. The van der Waals surface area contributed by atoms with Crippen LogP contribution in [0.5, 0.6) is 0 Å². The number of alkyl halides is 3. The summed E-state index contributed by atoms with van der Waals surface area (Å²) >= 11 is 0. The molecule has 0 aromatic rings. The average Bonchev–Trinajstić information content (AvgIpc) is 2.14. The van der Waals surface area contributed by atoms with E-state index in [4.69, 9.17) is 10.5 Å². The zero-order valence-corrected chi connectivity index (χ0v) is 10.0. The lowest BCUT2D eigenvalue weighted by molar-refractivity contribution is -0.391. The average molecular weight is 255 g/mol. The maximum Gasteiger partial charge on any atom is 0.524 e. The van der Waals surface area contributed by atoms with Crippen molar-refractivity contribution in [1.82, 2.24) is 0 Å². The van der Waals surface area contributed by atoms with Gasteiger partial charge >= 0.3 is 6.36 Å². The second kappa shape index (κ2) is 6.56. The van der Waals surface area contributed by atoms with Gasteiger partial charge in [0.15, 0.2) is 6.29 Å². The predicted octanol–water partition coefficient (Wildman–Crippen LogP) is 2.79. The fraction of sp³-hybridized carbons (Fsp3) is 1.00. The maximum absolute atomic E-state index is 12.1. The molecular formula is C11H20F3NO2. The van der Waals surface area contributed by atoms with E-state index in [9.17, 15) is 13.2 Å².